The van der Waals surface area contributed by atoms with Gasteiger partial charge >= 0.3 is 0 Å². The number of rotatable bonds is 7. The summed E-state index contributed by atoms with van der Waals surface area (Å²) in [7, 11) is 1.53. The van der Waals surface area contributed by atoms with Crippen LogP contribution in [0.25, 0.3) is 33.4 Å². The minimum atomic E-state index is -0.383. The van der Waals surface area contributed by atoms with Crippen LogP contribution in [0.4, 0.5) is 4.39 Å². The number of furan rings is 1. The molecule has 0 fully saturated rings. The number of ether oxygens (including phenoxy) is 1. The molecule has 0 radical (unpaired) electrons. The molecule has 7 nitrogen and oxygen atoms in total. The predicted molar refractivity (Wildman–Crippen MR) is 117 cm³/mol. The van der Waals surface area contributed by atoms with Crippen molar-refractivity contribution in [1.82, 2.24) is 10.5 Å². The molecule has 166 valence electrons. The van der Waals surface area contributed by atoms with Gasteiger partial charge in [0, 0.05) is 36.6 Å². The molecular weight excluding hydrogens is 415 g/mol. The fraction of sp³-hybridized carbons (Fsp3) is 0.250. The van der Waals surface area contributed by atoms with Gasteiger partial charge < -0.3 is 24.1 Å². The Balaban J connectivity index is 1.98. The lowest BCUT2D eigenvalue weighted by molar-refractivity contribution is 0.0964. The summed E-state index contributed by atoms with van der Waals surface area (Å²) in [6.45, 7) is 3.91. The van der Waals surface area contributed by atoms with Crippen LogP contribution in [0.3, 0.4) is 0 Å². The lowest BCUT2D eigenvalue weighted by Crippen LogP contribution is -2.18. The lowest BCUT2D eigenvalue weighted by Gasteiger charge is -2.12. The number of aliphatic hydroxyl groups is 1. The average molecular weight is 438 g/mol. The van der Waals surface area contributed by atoms with Crippen molar-refractivity contribution in [2.24, 2.45) is 0 Å². The fourth-order valence-electron chi connectivity index (χ4n) is 3.71. The molecule has 4 aromatic rings. The molecule has 32 heavy (non-hydrogen) atoms. The van der Waals surface area contributed by atoms with E-state index in [-0.39, 0.29) is 24.9 Å². The topological polar surface area (TPSA) is 97.7 Å². The molecule has 0 aliphatic rings. The molecule has 0 spiro atoms. The molecule has 2 N–H and O–H groups in total. The van der Waals surface area contributed by atoms with Crippen molar-refractivity contribution >= 4 is 16.9 Å². The summed E-state index contributed by atoms with van der Waals surface area (Å²) >= 11 is 0. The summed E-state index contributed by atoms with van der Waals surface area (Å²) < 4.78 is 30.9. The average Bonchev–Trinajstić information content (AvgIpc) is 3.32. The van der Waals surface area contributed by atoms with Gasteiger partial charge in [-0.2, -0.15) is 0 Å². The summed E-state index contributed by atoms with van der Waals surface area (Å²) in [5.41, 5.74) is 3.52. The molecule has 2 aromatic carbocycles. The van der Waals surface area contributed by atoms with Crippen LogP contribution in [0, 0.1) is 19.7 Å². The number of fused-ring (bicyclic) bond motifs is 1. The number of halogens is 1. The van der Waals surface area contributed by atoms with Gasteiger partial charge in [-0.3, -0.25) is 4.79 Å². The molecule has 0 atom stereocenters. The SMILES string of the molecule is CNC(=O)c1c(-c2ccc(F)cc2)oc2cc(-c3c(C)noc3C)c(OCCCO)cc12. The van der Waals surface area contributed by atoms with E-state index < -0.39 is 0 Å². The molecular formula is C24H23FN2O5. The molecule has 0 saturated carbocycles. The van der Waals surface area contributed by atoms with E-state index in [1.165, 1.54) is 19.2 Å². The van der Waals surface area contributed by atoms with Crippen molar-refractivity contribution in [2.45, 2.75) is 20.3 Å². The molecule has 4 rings (SSSR count). The van der Waals surface area contributed by atoms with E-state index in [1.54, 1.807) is 31.2 Å². The standard InChI is InChI=1S/C24H23FN2O5/c1-13-21(14(2)32-27-13)17-12-20-18(11-19(17)30-10-4-9-28)22(24(29)26-3)23(31-20)15-5-7-16(25)8-6-15/h5-8,11-12,28H,4,9-10H2,1-3H3,(H,26,29). The minimum absolute atomic E-state index is 0.00713. The van der Waals surface area contributed by atoms with E-state index in [0.29, 0.717) is 57.0 Å². The zero-order chi connectivity index (χ0) is 22.8. The molecule has 2 heterocycles. The third kappa shape index (κ3) is 3.85. The second kappa shape index (κ2) is 8.84. The monoisotopic (exact) mass is 438 g/mol. The molecule has 0 saturated heterocycles. The first-order valence-electron chi connectivity index (χ1n) is 10.2. The highest BCUT2D eigenvalue weighted by Gasteiger charge is 2.25. The maximum atomic E-state index is 13.5. The first-order valence-corrected chi connectivity index (χ1v) is 10.2. The highest BCUT2D eigenvalue weighted by Crippen LogP contribution is 2.42. The minimum Gasteiger partial charge on any atom is -0.493 e. The molecule has 8 heteroatoms. The molecule has 0 bridgehead atoms. The second-order valence-electron chi connectivity index (χ2n) is 7.36. The number of aliphatic hydroxyl groups excluding tert-OH is 1. The van der Waals surface area contributed by atoms with Crippen molar-refractivity contribution in [2.75, 3.05) is 20.3 Å². The van der Waals surface area contributed by atoms with Gasteiger partial charge in [-0.05, 0) is 50.2 Å². The predicted octanol–water partition coefficient (Wildman–Crippen LogP) is 4.63. The van der Waals surface area contributed by atoms with Crippen LogP contribution >= 0.6 is 0 Å². The maximum Gasteiger partial charge on any atom is 0.255 e. The number of nitrogens with one attached hydrogen (secondary N) is 1. The maximum absolute atomic E-state index is 13.5. The number of carbonyl (C=O) groups is 1. The summed E-state index contributed by atoms with van der Waals surface area (Å²) in [6, 6.07) is 9.29. The summed E-state index contributed by atoms with van der Waals surface area (Å²) in [5.74, 6) is 0.736. The summed E-state index contributed by atoms with van der Waals surface area (Å²) in [5, 5.41) is 16.4. The molecule has 0 aliphatic heterocycles. The molecule has 2 aromatic heterocycles. The molecule has 1 amide bonds. The van der Waals surface area contributed by atoms with Crippen LogP contribution in [-0.4, -0.2) is 36.4 Å². The smallest absolute Gasteiger partial charge is 0.255 e. The van der Waals surface area contributed by atoms with Gasteiger partial charge in [0.1, 0.15) is 28.7 Å². The lowest BCUT2D eigenvalue weighted by atomic mass is 9.99. The van der Waals surface area contributed by atoms with E-state index in [4.69, 9.17) is 18.8 Å². The second-order valence-corrected chi connectivity index (χ2v) is 7.36. The van der Waals surface area contributed by atoms with Crippen LogP contribution in [-0.2, 0) is 0 Å². The summed E-state index contributed by atoms with van der Waals surface area (Å²) in [6.07, 6.45) is 0.452. The number of aryl methyl sites for hydroxylation is 2. The van der Waals surface area contributed by atoms with E-state index in [2.05, 4.69) is 10.5 Å². The molecule has 0 unspecified atom stereocenters. The Morgan fingerprint density at radius 1 is 1.22 bits per heavy atom. The van der Waals surface area contributed by atoms with Gasteiger partial charge in [0.25, 0.3) is 5.91 Å². The Bertz CT molecular complexity index is 1250. The highest BCUT2D eigenvalue weighted by molar-refractivity contribution is 6.12. The molecule has 0 aliphatic carbocycles. The van der Waals surface area contributed by atoms with Crippen LogP contribution < -0.4 is 10.1 Å². The number of aromatic nitrogens is 1. The number of hydrogen-bond acceptors (Lipinski definition) is 6. The Morgan fingerprint density at radius 2 is 1.97 bits per heavy atom. The van der Waals surface area contributed by atoms with E-state index in [9.17, 15) is 9.18 Å². The normalized spacial score (nSPS) is 11.2. The Kier molecular flexibility index (Phi) is 5.96. The Labute approximate surface area is 183 Å². The van der Waals surface area contributed by atoms with Gasteiger partial charge in [-0.1, -0.05) is 5.16 Å². The van der Waals surface area contributed by atoms with Crippen molar-refractivity contribution in [3.8, 4) is 28.2 Å². The zero-order valence-electron chi connectivity index (χ0n) is 18.0. The van der Waals surface area contributed by atoms with Crippen LogP contribution in [0.2, 0.25) is 0 Å². The van der Waals surface area contributed by atoms with Gasteiger partial charge in [0.2, 0.25) is 0 Å². The first-order chi connectivity index (χ1) is 15.4. The third-order valence-electron chi connectivity index (χ3n) is 5.21. The van der Waals surface area contributed by atoms with E-state index in [1.807, 2.05) is 6.92 Å². The van der Waals surface area contributed by atoms with Crippen LogP contribution in [0.15, 0.2) is 45.3 Å². The first kappa shape index (κ1) is 21.6. The zero-order valence-corrected chi connectivity index (χ0v) is 18.0. The number of carbonyl (C=O) groups excluding carboxylic acids is 1. The van der Waals surface area contributed by atoms with Crippen molar-refractivity contribution < 1.29 is 28.0 Å². The number of benzene rings is 2. The largest absolute Gasteiger partial charge is 0.493 e. The van der Waals surface area contributed by atoms with E-state index >= 15 is 0 Å². The van der Waals surface area contributed by atoms with Crippen LogP contribution in [0.1, 0.15) is 28.2 Å². The number of amides is 1. The van der Waals surface area contributed by atoms with E-state index in [0.717, 1.165) is 5.56 Å². The van der Waals surface area contributed by atoms with Crippen molar-refractivity contribution in [3.63, 3.8) is 0 Å². The number of nitrogens with zero attached hydrogens (tertiary/aromatic N) is 1. The fourth-order valence-corrected chi connectivity index (χ4v) is 3.71. The summed E-state index contributed by atoms with van der Waals surface area (Å²) in [4.78, 5) is 12.8. The van der Waals surface area contributed by atoms with Gasteiger partial charge in [-0.25, -0.2) is 4.39 Å². The van der Waals surface area contributed by atoms with Crippen molar-refractivity contribution in [3.05, 3.63) is 59.2 Å². The Morgan fingerprint density at radius 3 is 2.59 bits per heavy atom. The van der Waals surface area contributed by atoms with Crippen LogP contribution in [0.5, 0.6) is 5.75 Å². The van der Waals surface area contributed by atoms with Gasteiger partial charge in [0.15, 0.2) is 0 Å². The number of hydrogen-bond donors (Lipinski definition) is 2. The Hall–Kier alpha value is -3.65. The van der Waals surface area contributed by atoms with Gasteiger partial charge in [0.05, 0.1) is 23.4 Å². The van der Waals surface area contributed by atoms with Gasteiger partial charge in [-0.15, -0.1) is 0 Å². The highest BCUT2D eigenvalue weighted by atomic mass is 19.1. The van der Waals surface area contributed by atoms with Crippen molar-refractivity contribution in [1.29, 1.82) is 0 Å². The quantitative estimate of drug-likeness (QED) is 0.408. The third-order valence-corrected chi connectivity index (χ3v) is 5.21.